The number of nitrogens with one attached hydrogen (secondary N) is 2. The summed E-state index contributed by atoms with van der Waals surface area (Å²) in [6.07, 6.45) is 1.29. The van der Waals surface area contributed by atoms with E-state index in [1.807, 2.05) is 30.9 Å². The van der Waals surface area contributed by atoms with E-state index in [0.717, 1.165) is 17.9 Å². The number of hydrogen-bond donors (Lipinski definition) is 2. The Morgan fingerprint density at radius 3 is 2.62 bits per heavy atom. The Labute approximate surface area is 144 Å². The van der Waals surface area contributed by atoms with Gasteiger partial charge in [0.15, 0.2) is 0 Å². The van der Waals surface area contributed by atoms with E-state index in [-0.39, 0.29) is 29.4 Å². The first-order valence-corrected chi connectivity index (χ1v) is 8.62. The Bertz CT molecular complexity index is 589. The van der Waals surface area contributed by atoms with Gasteiger partial charge in [-0.05, 0) is 30.9 Å². The predicted molar refractivity (Wildman–Crippen MR) is 92.6 cm³/mol. The molecule has 2 heterocycles. The first-order valence-electron chi connectivity index (χ1n) is 8.62. The van der Waals surface area contributed by atoms with Crippen molar-refractivity contribution in [2.45, 2.75) is 59.5 Å². The highest BCUT2D eigenvalue weighted by atomic mass is 16.3. The Kier molecular flexibility index (Phi) is 5.57. The number of nitrogens with zero attached hydrogens (tertiary/aromatic N) is 1. The van der Waals surface area contributed by atoms with E-state index in [0.29, 0.717) is 19.5 Å². The Morgan fingerprint density at radius 1 is 1.38 bits per heavy atom. The average molecular weight is 335 g/mol. The van der Waals surface area contributed by atoms with Crippen LogP contribution in [-0.4, -0.2) is 36.0 Å². The average Bonchev–Trinajstić information content (AvgIpc) is 3.12. The topological polar surface area (TPSA) is 74.6 Å². The third-order valence-electron chi connectivity index (χ3n) is 4.37. The molecule has 1 aromatic rings. The number of likely N-dealkylation sites (tertiary alicyclic amines) is 1. The normalized spacial score (nSPS) is 19.2. The van der Waals surface area contributed by atoms with E-state index in [1.54, 1.807) is 0 Å². The van der Waals surface area contributed by atoms with Crippen molar-refractivity contribution in [2.24, 2.45) is 5.41 Å². The van der Waals surface area contributed by atoms with Gasteiger partial charge in [0.25, 0.3) is 0 Å². The van der Waals surface area contributed by atoms with Gasteiger partial charge in [0.2, 0.25) is 5.91 Å². The molecule has 2 N–H and O–H groups in total. The Balaban J connectivity index is 1.95. The number of aryl methyl sites for hydroxylation is 1. The zero-order valence-corrected chi connectivity index (χ0v) is 15.3. The molecule has 0 unspecified atom stereocenters. The molecule has 0 spiro atoms. The summed E-state index contributed by atoms with van der Waals surface area (Å²) >= 11 is 0. The molecule has 0 radical (unpaired) electrons. The molecule has 1 aliphatic heterocycles. The molecule has 0 bridgehead atoms. The minimum atomic E-state index is -0.222. The van der Waals surface area contributed by atoms with Crippen LogP contribution in [-0.2, 0) is 4.79 Å². The van der Waals surface area contributed by atoms with Gasteiger partial charge in [0.1, 0.15) is 11.5 Å². The monoisotopic (exact) mass is 335 g/mol. The number of carbonyl (C=O) groups is 2. The molecule has 1 saturated heterocycles. The molecule has 2 rings (SSSR count). The van der Waals surface area contributed by atoms with E-state index >= 15 is 0 Å². The SMILES string of the molecule is CCC(=O)N1CC[C@H](NC(=O)N[C@H](c2ccc(C)o2)C(C)(C)C)C1. The summed E-state index contributed by atoms with van der Waals surface area (Å²) in [5.74, 6) is 1.72. The molecular weight excluding hydrogens is 306 g/mol. The highest BCUT2D eigenvalue weighted by Gasteiger charge is 2.32. The number of urea groups is 1. The van der Waals surface area contributed by atoms with Crippen LogP contribution in [0.5, 0.6) is 0 Å². The van der Waals surface area contributed by atoms with E-state index in [9.17, 15) is 9.59 Å². The van der Waals surface area contributed by atoms with Crippen LogP contribution < -0.4 is 10.6 Å². The van der Waals surface area contributed by atoms with Crippen LogP contribution in [0.4, 0.5) is 4.79 Å². The zero-order chi connectivity index (χ0) is 17.9. The summed E-state index contributed by atoms with van der Waals surface area (Å²) in [5, 5.41) is 6.01. The minimum absolute atomic E-state index is 0.000504. The van der Waals surface area contributed by atoms with Crippen molar-refractivity contribution in [1.29, 1.82) is 0 Å². The van der Waals surface area contributed by atoms with Crippen LogP contribution in [0.25, 0.3) is 0 Å². The maximum absolute atomic E-state index is 12.4. The fraction of sp³-hybridized carbons (Fsp3) is 0.667. The second-order valence-electron chi connectivity index (χ2n) is 7.54. The standard InChI is InChI=1S/C18H29N3O3/c1-6-15(22)21-10-9-13(11-21)19-17(23)20-16(18(3,4)5)14-8-7-12(2)24-14/h7-8,13,16H,6,9-11H2,1-5H3,(H2,19,20,23)/t13-,16+/m0/s1. The van der Waals surface area contributed by atoms with Crippen LogP contribution in [0.1, 0.15) is 58.1 Å². The van der Waals surface area contributed by atoms with Crippen molar-refractivity contribution in [3.05, 3.63) is 23.7 Å². The highest BCUT2D eigenvalue weighted by molar-refractivity contribution is 5.77. The predicted octanol–water partition coefficient (Wildman–Crippen LogP) is 2.99. The van der Waals surface area contributed by atoms with Gasteiger partial charge in [0, 0.05) is 25.6 Å². The van der Waals surface area contributed by atoms with E-state index in [1.165, 1.54) is 0 Å². The molecule has 134 valence electrons. The third kappa shape index (κ3) is 4.52. The van der Waals surface area contributed by atoms with E-state index in [4.69, 9.17) is 4.42 Å². The van der Waals surface area contributed by atoms with Gasteiger partial charge in [-0.1, -0.05) is 27.7 Å². The third-order valence-corrected chi connectivity index (χ3v) is 4.37. The number of furan rings is 1. The van der Waals surface area contributed by atoms with Gasteiger partial charge in [0.05, 0.1) is 6.04 Å². The van der Waals surface area contributed by atoms with Gasteiger partial charge in [-0.15, -0.1) is 0 Å². The summed E-state index contributed by atoms with van der Waals surface area (Å²) in [6, 6.07) is 3.36. The van der Waals surface area contributed by atoms with Crippen LogP contribution in [0.15, 0.2) is 16.5 Å². The number of amides is 3. The molecule has 3 amide bonds. The summed E-state index contributed by atoms with van der Waals surface area (Å²) in [4.78, 5) is 25.9. The van der Waals surface area contributed by atoms with Gasteiger partial charge in [-0.3, -0.25) is 4.79 Å². The molecule has 1 aliphatic rings. The Morgan fingerprint density at radius 2 is 2.08 bits per heavy atom. The van der Waals surface area contributed by atoms with Crippen LogP contribution in [0.2, 0.25) is 0 Å². The second-order valence-corrected chi connectivity index (χ2v) is 7.54. The molecule has 24 heavy (non-hydrogen) atoms. The fourth-order valence-corrected chi connectivity index (χ4v) is 3.01. The summed E-state index contributed by atoms with van der Waals surface area (Å²) in [6.45, 7) is 11.2. The van der Waals surface area contributed by atoms with Crippen molar-refractivity contribution in [3.8, 4) is 0 Å². The lowest BCUT2D eigenvalue weighted by molar-refractivity contribution is -0.129. The quantitative estimate of drug-likeness (QED) is 0.888. The molecular formula is C18H29N3O3. The minimum Gasteiger partial charge on any atom is -0.464 e. The maximum Gasteiger partial charge on any atom is 0.315 e. The van der Waals surface area contributed by atoms with Crippen molar-refractivity contribution < 1.29 is 14.0 Å². The van der Waals surface area contributed by atoms with Crippen molar-refractivity contribution >= 4 is 11.9 Å². The second kappa shape index (κ2) is 7.28. The number of hydrogen-bond acceptors (Lipinski definition) is 3. The summed E-state index contributed by atoms with van der Waals surface area (Å²) < 4.78 is 5.71. The first-order chi connectivity index (χ1) is 11.2. The molecule has 0 aromatic carbocycles. The zero-order valence-electron chi connectivity index (χ0n) is 15.3. The molecule has 0 saturated carbocycles. The number of carbonyl (C=O) groups excluding carboxylic acids is 2. The summed E-state index contributed by atoms with van der Waals surface area (Å²) in [7, 11) is 0. The highest BCUT2D eigenvalue weighted by Crippen LogP contribution is 2.33. The van der Waals surface area contributed by atoms with E-state index < -0.39 is 0 Å². The van der Waals surface area contributed by atoms with Crippen molar-refractivity contribution in [2.75, 3.05) is 13.1 Å². The number of rotatable bonds is 4. The molecule has 6 heteroatoms. The van der Waals surface area contributed by atoms with Gasteiger partial charge in [-0.2, -0.15) is 0 Å². The molecule has 0 aliphatic carbocycles. The van der Waals surface area contributed by atoms with E-state index in [2.05, 4.69) is 31.4 Å². The van der Waals surface area contributed by atoms with Crippen LogP contribution in [0.3, 0.4) is 0 Å². The van der Waals surface area contributed by atoms with Crippen molar-refractivity contribution in [3.63, 3.8) is 0 Å². The lowest BCUT2D eigenvalue weighted by atomic mass is 9.85. The molecule has 2 atom stereocenters. The van der Waals surface area contributed by atoms with Crippen LogP contribution in [0, 0.1) is 12.3 Å². The largest absolute Gasteiger partial charge is 0.464 e. The smallest absolute Gasteiger partial charge is 0.315 e. The lowest BCUT2D eigenvalue weighted by Gasteiger charge is -2.30. The Hall–Kier alpha value is -1.98. The molecule has 1 aromatic heterocycles. The molecule has 6 nitrogen and oxygen atoms in total. The van der Waals surface area contributed by atoms with Gasteiger partial charge < -0.3 is 20.0 Å². The van der Waals surface area contributed by atoms with Gasteiger partial charge in [-0.25, -0.2) is 4.79 Å². The lowest BCUT2D eigenvalue weighted by Crippen LogP contribution is -2.47. The first kappa shape index (κ1) is 18.4. The fourth-order valence-electron chi connectivity index (χ4n) is 3.01. The molecule has 1 fully saturated rings. The van der Waals surface area contributed by atoms with Gasteiger partial charge >= 0.3 is 6.03 Å². The summed E-state index contributed by atoms with van der Waals surface area (Å²) in [5.41, 5.74) is -0.179. The van der Waals surface area contributed by atoms with Crippen molar-refractivity contribution in [1.82, 2.24) is 15.5 Å². The van der Waals surface area contributed by atoms with Crippen LogP contribution >= 0.6 is 0 Å². The maximum atomic E-state index is 12.4.